The van der Waals surface area contributed by atoms with Gasteiger partial charge < -0.3 is 4.74 Å². The van der Waals surface area contributed by atoms with E-state index < -0.39 is 5.41 Å². The number of rotatable bonds is 6. The molecule has 2 heterocycles. The van der Waals surface area contributed by atoms with Crippen molar-refractivity contribution >= 4 is 0 Å². The Hall–Kier alpha value is -7.43. The highest BCUT2D eigenvalue weighted by atomic mass is 16.5. The third-order valence-corrected chi connectivity index (χ3v) is 16.0. The minimum absolute atomic E-state index is 0.321. The van der Waals surface area contributed by atoms with E-state index in [9.17, 15) is 0 Å². The second-order valence-electron chi connectivity index (χ2n) is 19.7. The number of hydrogen-bond donors (Lipinski definition) is 0. The van der Waals surface area contributed by atoms with Crippen LogP contribution in [0.5, 0.6) is 11.5 Å². The largest absolute Gasteiger partial charge is 0.457 e. The standard InChI is InChI=1S/C62H47N3O/c1-2-14-42(15-3-1)44-16-12-17-45(35-44)59-63-58(43-28-30-46(31-29-43)61-36-39-32-40(37-61)34-41(33-39)38-61)64-60(65-59)49-19-5-4-18-47(49)48-21-13-25-54-57(48)50-20-6-7-22-51(50)62(54)52-23-8-10-26-55(52)66-56-27-11-9-24-53(56)62/h1-31,35,39-41H,32-34,36-38H2. The van der Waals surface area contributed by atoms with E-state index in [2.05, 4.69) is 194 Å². The maximum absolute atomic E-state index is 6.65. The smallest absolute Gasteiger partial charge is 0.164 e. The van der Waals surface area contributed by atoms with Gasteiger partial charge in [0.2, 0.25) is 0 Å². The van der Waals surface area contributed by atoms with Crippen LogP contribution in [0.4, 0.5) is 0 Å². The van der Waals surface area contributed by atoms with Crippen molar-refractivity contribution in [3.05, 3.63) is 222 Å². The predicted octanol–water partition coefficient (Wildman–Crippen LogP) is 15.1. The van der Waals surface area contributed by atoms with Crippen molar-refractivity contribution in [2.24, 2.45) is 17.8 Å². The first-order chi connectivity index (χ1) is 32.6. The summed E-state index contributed by atoms with van der Waals surface area (Å²) >= 11 is 0. The molecule has 9 aromatic rings. The van der Waals surface area contributed by atoms with Crippen LogP contribution in [0.25, 0.3) is 67.5 Å². The molecule has 1 spiro atoms. The Bertz CT molecular complexity index is 3310. The van der Waals surface area contributed by atoms with Crippen LogP contribution < -0.4 is 4.74 Å². The Labute approximate surface area is 386 Å². The minimum Gasteiger partial charge on any atom is -0.457 e. The maximum atomic E-state index is 6.65. The topological polar surface area (TPSA) is 47.9 Å². The van der Waals surface area contributed by atoms with Crippen LogP contribution in [0.3, 0.4) is 0 Å². The average Bonchev–Trinajstić information content (AvgIpc) is 3.67. The molecule has 1 aromatic heterocycles. The van der Waals surface area contributed by atoms with Gasteiger partial charge in [-0.2, -0.15) is 0 Å². The summed E-state index contributed by atoms with van der Waals surface area (Å²) < 4.78 is 6.65. The number of para-hydroxylation sites is 2. The molecule has 1 aliphatic heterocycles. The van der Waals surface area contributed by atoms with Crippen molar-refractivity contribution in [2.45, 2.75) is 49.4 Å². The summed E-state index contributed by atoms with van der Waals surface area (Å²) in [6.07, 6.45) is 8.35. The molecule has 66 heavy (non-hydrogen) atoms. The monoisotopic (exact) mass is 849 g/mol. The van der Waals surface area contributed by atoms with E-state index in [1.54, 1.807) is 0 Å². The summed E-state index contributed by atoms with van der Waals surface area (Å²) in [5, 5.41) is 0. The van der Waals surface area contributed by atoms with Crippen LogP contribution in [0.15, 0.2) is 194 Å². The van der Waals surface area contributed by atoms with Gasteiger partial charge in [-0.25, -0.2) is 15.0 Å². The van der Waals surface area contributed by atoms with Gasteiger partial charge >= 0.3 is 0 Å². The average molecular weight is 850 g/mol. The van der Waals surface area contributed by atoms with E-state index in [0.29, 0.717) is 22.9 Å². The molecule has 4 bridgehead atoms. The minimum atomic E-state index is -0.568. The number of nitrogens with zero attached hydrogens (tertiary/aromatic N) is 3. The molecule has 0 radical (unpaired) electrons. The number of benzene rings is 8. The van der Waals surface area contributed by atoms with Gasteiger partial charge in [-0.3, -0.25) is 0 Å². The molecule has 0 atom stereocenters. The van der Waals surface area contributed by atoms with Crippen molar-refractivity contribution in [1.29, 1.82) is 0 Å². The molecule has 4 heteroatoms. The molecule has 6 aliphatic rings. The molecule has 4 fully saturated rings. The normalized spacial score (nSPS) is 21.1. The lowest BCUT2D eigenvalue weighted by Crippen LogP contribution is -2.48. The molecule has 316 valence electrons. The van der Waals surface area contributed by atoms with Crippen molar-refractivity contribution in [3.8, 4) is 79.0 Å². The van der Waals surface area contributed by atoms with Crippen LogP contribution in [0, 0.1) is 17.8 Å². The van der Waals surface area contributed by atoms with Crippen molar-refractivity contribution in [2.75, 3.05) is 0 Å². The van der Waals surface area contributed by atoms with Crippen molar-refractivity contribution in [3.63, 3.8) is 0 Å². The van der Waals surface area contributed by atoms with Gasteiger partial charge in [0.05, 0.1) is 5.41 Å². The molecule has 0 N–H and O–H groups in total. The highest BCUT2D eigenvalue weighted by molar-refractivity contribution is 5.99. The van der Waals surface area contributed by atoms with E-state index in [0.717, 1.165) is 79.3 Å². The molecular weight excluding hydrogens is 803 g/mol. The van der Waals surface area contributed by atoms with Crippen LogP contribution >= 0.6 is 0 Å². The quantitative estimate of drug-likeness (QED) is 0.167. The summed E-state index contributed by atoms with van der Waals surface area (Å²) in [6, 6.07) is 70.1. The summed E-state index contributed by atoms with van der Waals surface area (Å²) in [7, 11) is 0. The fourth-order valence-electron chi connectivity index (χ4n) is 13.7. The summed E-state index contributed by atoms with van der Waals surface area (Å²) in [5.41, 5.74) is 15.9. The number of hydrogen-bond acceptors (Lipinski definition) is 4. The maximum Gasteiger partial charge on any atom is 0.164 e. The number of fused-ring (bicyclic) bond motifs is 9. The lowest BCUT2D eigenvalue weighted by molar-refractivity contribution is -0.00518. The zero-order chi connectivity index (χ0) is 43.4. The van der Waals surface area contributed by atoms with Crippen molar-refractivity contribution < 1.29 is 4.74 Å². The Morgan fingerprint density at radius 2 is 0.864 bits per heavy atom. The third kappa shape index (κ3) is 5.67. The SMILES string of the molecule is c1ccc(-c2cccc(-c3nc(-c4ccc(C56CC7CC(CC(C7)C5)C6)cc4)nc(-c4ccccc4-c4cccc5c4-c4ccccc4C54c5ccccc5Oc5ccccc54)n3)c2)cc1. The lowest BCUT2D eigenvalue weighted by Gasteiger charge is -2.57. The van der Waals surface area contributed by atoms with Gasteiger partial charge in [0.1, 0.15) is 11.5 Å². The molecule has 5 aliphatic carbocycles. The Morgan fingerprint density at radius 1 is 0.364 bits per heavy atom. The van der Waals surface area contributed by atoms with Gasteiger partial charge in [-0.1, -0.05) is 176 Å². The van der Waals surface area contributed by atoms with Gasteiger partial charge in [0.25, 0.3) is 0 Å². The molecule has 8 aromatic carbocycles. The Morgan fingerprint density at radius 3 is 1.56 bits per heavy atom. The van der Waals surface area contributed by atoms with Gasteiger partial charge in [0, 0.05) is 27.8 Å². The first-order valence-corrected chi connectivity index (χ1v) is 23.8. The van der Waals surface area contributed by atoms with Gasteiger partial charge in [-0.05, 0) is 130 Å². The zero-order valence-electron chi connectivity index (χ0n) is 36.7. The van der Waals surface area contributed by atoms with Crippen LogP contribution in [-0.4, -0.2) is 15.0 Å². The first-order valence-electron chi connectivity index (χ1n) is 23.8. The molecular formula is C62H47N3O. The summed E-state index contributed by atoms with van der Waals surface area (Å²) in [6.45, 7) is 0. The van der Waals surface area contributed by atoms with Crippen LogP contribution in [0.1, 0.15) is 66.3 Å². The second kappa shape index (κ2) is 14.5. The first kappa shape index (κ1) is 37.9. The highest BCUT2D eigenvalue weighted by Gasteiger charge is 2.53. The van der Waals surface area contributed by atoms with Gasteiger partial charge in [-0.15, -0.1) is 0 Å². The molecule has 0 saturated heterocycles. The van der Waals surface area contributed by atoms with E-state index in [1.165, 1.54) is 66.3 Å². The van der Waals surface area contributed by atoms with Crippen molar-refractivity contribution in [1.82, 2.24) is 15.0 Å². The zero-order valence-corrected chi connectivity index (χ0v) is 36.7. The molecule has 4 nitrogen and oxygen atoms in total. The van der Waals surface area contributed by atoms with Crippen LogP contribution in [0.2, 0.25) is 0 Å². The van der Waals surface area contributed by atoms with E-state index in [4.69, 9.17) is 19.7 Å². The summed E-state index contributed by atoms with van der Waals surface area (Å²) in [4.78, 5) is 16.1. The van der Waals surface area contributed by atoms with E-state index >= 15 is 0 Å². The van der Waals surface area contributed by atoms with E-state index in [1.807, 2.05) is 0 Å². The molecule has 0 unspecified atom stereocenters. The molecule has 4 saturated carbocycles. The summed E-state index contributed by atoms with van der Waals surface area (Å²) in [5.74, 6) is 6.45. The van der Waals surface area contributed by atoms with E-state index in [-0.39, 0.29) is 0 Å². The molecule has 15 rings (SSSR count). The number of ether oxygens (including phenoxy) is 1. The Balaban J connectivity index is 0.951. The predicted molar refractivity (Wildman–Crippen MR) is 264 cm³/mol. The second-order valence-corrected chi connectivity index (χ2v) is 19.7. The fourth-order valence-corrected chi connectivity index (χ4v) is 13.7. The molecule has 0 amide bonds. The van der Waals surface area contributed by atoms with Gasteiger partial charge in [0.15, 0.2) is 17.5 Å². The fraction of sp³-hybridized carbons (Fsp3) is 0.177. The third-order valence-electron chi connectivity index (χ3n) is 16.0. The number of aromatic nitrogens is 3. The lowest BCUT2D eigenvalue weighted by atomic mass is 9.48. The van der Waals surface area contributed by atoms with Crippen LogP contribution in [-0.2, 0) is 10.8 Å². The Kier molecular flexibility index (Phi) is 8.35. The highest BCUT2D eigenvalue weighted by Crippen LogP contribution is 2.64.